The number of aromatic hydroxyl groups is 1. The van der Waals surface area contributed by atoms with Gasteiger partial charge in [-0.2, -0.15) is 5.26 Å². The number of ether oxygens (including phenoxy) is 1. The summed E-state index contributed by atoms with van der Waals surface area (Å²) < 4.78 is 4.97. The molecule has 92 valence electrons. The summed E-state index contributed by atoms with van der Waals surface area (Å²) in [5, 5.41) is 18.7. The average Bonchev–Trinajstić information content (AvgIpc) is 2.29. The van der Waals surface area contributed by atoms with E-state index >= 15 is 0 Å². The van der Waals surface area contributed by atoms with E-state index < -0.39 is 0 Å². The van der Waals surface area contributed by atoms with Crippen molar-refractivity contribution in [3.8, 4) is 17.6 Å². The molecule has 0 saturated carbocycles. The SMILES string of the molecule is C=CC[C@@H](N)c1cc(C#N)cc(OC)c1O.Cl. The van der Waals surface area contributed by atoms with Crippen molar-refractivity contribution in [1.29, 1.82) is 5.26 Å². The number of rotatable bonds is 4. The molecule has 3 N–H and O–H groups in total. The first-order valence-electron chi connectivity index (χ1n) is 4.81. The molecule has 0 spiro atoms. The molecule has 0 amide bonds. The van der Waals surface area contributed by atoms with E-state index in [2.05, 4.69) is 6.58 Å². The standard InChI is InChI=1S/C12H14N2O2.ClH/c1-3-4-10(14)9-5-8(7-13)6-11(16-2)12(9)15;/h3,5-6,10,15H,1,4,14H2,2H3;1H/t10-;/m1./s1. The second-order valence-corrected chi connectivity index (χ2v) is 3.36. The molecule has 0 unspecified atom stereocenters. The van der Waals surface area contributed by atoms with Crippen LogP contribution in [0.2, 0.25) is 0 Å². The van der Waals surface area contributed by atoms with Crippen LogP contribution in [0.15, 0.2) is 24.8 Å². The van der Waals surface area contributed by atoms with Crippen LogP contribution in [0, 0.1) is 11.3 Å². The van der Waals surface area contributed by atoms with Gasteiger partial charge < -0.3 is 15.6 Å². The summed E-state index contributed by atoms with van der Waals surface area (Å²) in [7, 11) is 1.43. The van der Waals surface area contributed by atoms with Crippen molar-refractivity contribution in [2.75, 3.05) is 7.11 Å². The van der Waals surface area contributed by atoms with Crippen molar-refractivity contribution in [3.05, 3.63) is 35.9 Å². The second-order valence-electron chi connectivity index (χ2n) is 3.36. The molecule has 4 nitrogen and oxygen atoms in total. The lowest BCUT2D eigenvalue weighted by Gasteiger charge is -2.14. The minimum absolute atomic E-state index is 0. The number of halogens is 1. The van der Waals surface area contributed by atoms with Crippen LogP contribution in [-0.2, 0) is 0 Å². The zero-order chi connectivity index (χ0) is 12.1. The zero-order valence-electron chi connectivity index (χ0n) is 9.51. The Bertz CT molecular complexity index is 441. The van der Waals surface area contributed by atoms with Gasteiger partial charge in [0, 0.05) is 17.7 Å². The number of methoxy groups -OCH3 is 1. The van der Waals surface area contributed by atoms with Crippen molar-refractivity contribution in [2.45, 2.75) is 12.5 Å². The number of nitrogens with two attached hydrogens (primary N) is 1. The third kappa shape index (κ3) is 3.38. The maximum absolute atomic E-state index is 9.86. The first kappa shape index (κ1) is 15.3. The predicted octanol–water partition coefficient (Wildman–Crippen LogP) is 2.27. The van der Waals surface area contributed by atoms with Crippen LogP contribution < -0.4 is 10.5 Å². The van der Waals surface area contributed by atoms with Crippen LogP contribution >= 0.6 is 12.4 Å². The number of nitrogens with zero attached hydrogens (tertiary/aromatic N) is 1. The fourth-order valence-corrected chi connectivity index (χ4v) is 1.44. The molecule has 0 heterocycles. The minimum atomic E-state index is -0.389. The van der Waals surface area contributed by atoms with E-state index in [9.17, 15) is 5.11 Å². The van der Waals surface area contributed by atoms with Gasteiger partial charge in [0.15, 0.2) is 11.5 Å². The van der Waals surface area contributed by atoms with Gasteiger partial charge in [-0.3, -0.25) is 0 Å². The Morgan fingerprint density at radius 2 is 2.29 bits per heavy atom. The molecule has 0 aliphatic rings. The van der Waals surface area contributed by atoms with Gasteiger partial charge in [-0.15, -0.1) is 19.0 Å². The molecule has 0 bridgehead atoms. The molecule has 0 aromatic heterocycles. The Morgan fingerprint density at radius 1 is 1.65 bits per heavy atom. The fourth-order valence-electron chi connectivity index (χ4n) is 1.44. The molecular weight excluding hydrogens is 240 g/mol. The molecule has 0 fully saturated rings. The van der Waals surface area contributed by atoms with Crippen molar-refractivity contribution in [1.82, 2.24) is 0 Å². The Kier molecular flexibility index (Phi) is 6.11. The third-order valence-electron chi connectivity index (χ3n) is 2.27. The van der Waals surface area contributed by atoms with Crippen molar-refractivity contribution >= 4 is 12.4 Å². The molecule has 0 aliphatic heterocycles. The number of nitriles is 1. The summed E-state index contributed by atoms with van der Waals surface area (Å²) in [6, 6.07) is 4.64. The third-order valence-corrected chi connectivity index (χ3v) is 2.27. The largest absolute Gasteiger partial charge is 0.504 e. The van der Waals surface area contributed by atoms with Gasteiger partial charge in [0.1, 0.15) is 0 Å². The second kappa shape index (κ2) is 6.79. The molecule has 1 rings (SSSR count). The molecule has 1 aromatic rings. The number of phenols is 1. The first-order chi connectivity index (χ1) is 7.63. The lowest BCUT2D eigenvalue weighted by Crippen LogP contribution is -2.10. The highest BCUT2D eigenvalue weighted by atomic mass is 35.5. The summed E-state index contributed by atoms with van der Waals surface area (Å²) in [6.07, 6.45) is 2.18. The first-order valence-corrected chi connectivity index (χ1v) is 4.81. The van der Waals surface area contributed by atoms with Crippen LogP contribution in [0.3, 0.4) is 0 Å². The molecule has 1 atom stereocenters. The highest BCUT2D eigenvalue weighted by Crippen LogP contribution is 2.35. The molecule has 0 saturated heterocycles. The lowest BCUT2D eigenvalue weighted by molar-refractivity contribution is 0.368. The topological polar surface area (TPSA) is 79.3 Å². The van der Waals surface area contributed by atoms with E-state index in [4.69, 9.17) is 15.7 Å². The zero-order valence-corrected chi connectivity index (χ0v) is 10.3. The van der Waals surface area contributed by atoms with Crippen LogP contribution in [0.4, 0.5) is 0 Å². The van der Waals surface area contributed by atoms with Gasteiger partial charge >= 0.3 is 0 Å². The Hall–Kier alpha value is -1.70. The summed E-state index contributed by atoms with van der Waals surface area (Å²) in [4.78, 5) is 0. The summed E-state index contributed by atoms with van der Waals surface area (Å²) in [6.45, 7) is 3.58. The van der Waals surface area contributed by atoms with E-state index in [1.165, 1.54) is 13.2 Å². The Labute approximate surface area is 107 Å². The van der Waals surface area contributed by atoms with E-state index in [-0.39, 0.29) is 29.9 Å². The molecule has 5 heteroatoms. The van der Waals surface area contributed by atoms with Gasteiger partial charge in [0.05, 0.1) is 18.7 Å². The highest BCUT2D eigenvalue weighted by Gasteiger charge is 2.15. The molecule has 1 aromatic carbocycles. The number of phenolic OH excluding ortho intramolecular Hbond substituents is 1. The van der Waals surface area contributed by atoms with E-state index in [0.29, 0.717) is 17.5 Å². The lowest BCUT2D eigenvalue weighted by atomic mass is 10.0. The molecule has 0 aliphatic carbocycles. The van der Waals surface area contributed by atoms with E-state index in [0.717, 1.165) is 0 Å². The summed E-state index contributed by atoms with van der Waals surface area (Å²) in [5.74, 6) is 0.240. The normalized spacial score (nSPS) is 10.9. The monoisotopic (exact) mass is 254 g/mol. The number of hydrogen-bond donors (Lipinski definition) is 2. The molecule has 17 heavy (non-hydrogen) atoms. The summed E-state index contributed by atoms with van der Waals surface area (Å²) >= 11 is 0. The van der Waals surface area contributed by atoms with Gasteiger partial charge in [-0.1, -0.05) is 6.08 Å². The van der Waals surface area contributed by atoms with Gasteiger partial charge in [-0.05, 0) is 12.5 Å². The Morgan fingerprint density at radius 3 is 2.76 bits per heavy atom. The van der Waals surface area contributed by atoms with Gasteiger partial charge in [0.25, 0.3) is 0 Å². The van der Waals surface area contributed by atoms with Gasteiger partial charge in [-0.25, -0.2) is 0 Å². The fraction of sp³-hybridized carbons (Fsp3) is 0.250. The van der Waals surface area contributed by atoms with Crippen molar-refractivity contribution in [2.24, 2.45) is 5.73 Å². The predicted molar refractivity (Wildman–Crippen MR) is 68.4 cm³/mol. The Balaban J connectivity index is 0.00000256. The van der Waals surface area contributed by atoms with Crippen LogP contribution in [0.1, 0.15) is 23.6 Å². The molecule has 0 radical (unpaired) electrons. The quantitative estimate of drug-likeness (QED) is 0.808. The number of hydrogen-bond acceptors (Lipinski definition) is 4. The smallest absolute Gasteiger partial charge is 0.162 e. The average molecular weight is 255 g/mol. The van der Waals surface area contributed by atoms with Crippen LogP contribution in [-0.4, -0.2) is 12.2 Å². The van der Waals surface area contributed by atoms with E-state index in [1.807, 2.05) is 6.07 Å². The number of benzene rings is 1. The van der Waals surface area contributed by atoms with Crippen molar-refractivity contribution in [3.63, 3.8) is 0 Å². The highest BCUT2D eigenvalue weighted by molar-refractivity contribution is 5.85. The van der Waals surface area contributed by atoms with Crippen LogP contribution in [0.5, 0.6) is 11.5 Å². The van der Waals surface area contributed by atoms with Crippen molar-refractivity contribution < 1.29 is 9.84 Å². The van der Waals surface area contributed by atoms with E-state index in [1.54, 1.807) is 12.1 Å². The maximum Gasteiger partial charge on any atom is 0.162 e. The van der Waals surface area contributed by atoms with Gasteiger partial charge in [0.2, 0.25) is 0 Å². The minimum Gasteiger partial charge on any atom is -0.504 e. The summed E-state index contributed by atoms with van der Waals surface area (Å²) in [5.41, 5.74) is 6.76. The molecular formula is C12H15ClN2O2. The maximum atomic E-state index is 9.86. The van der Waals surface area contributed by atoms with Crippen LogP contribution in [0.25, 0.3) is 0 Å².